The summed E-state index contributed by atoms with van der Waals surface area (Å²) in [6.07, 6.45) is 1.67. The van der Waals surface area contributed by atoms with Crippen LogP contribution in [0.1, 0.15) is 23.7 Å². The Balaban J connectivity index is 1.80. The van der Waals surface area contributed by atoms with Crippen molar-refractivity contribution in [2.24, 2.45) is 0 Å². The minimum atomic E-state index is -3.84. The Kier molecular flexibility index (Phi) is 8.35. The summed E-state index contributed by atoms with van der Waals surface area (Å²) in [6, 6.07) is 10.1. The topological polar surface area (TPSA) is 123 Å². The van der Waals surface area contributed by atoms with Gasteiger partial charge < -0.3 is 24.8 Å². The van der Waals surface area contributed by atoms with Gasteiger partial charge in [-0.3, -0.25) is 13.9 Å². The lowest BCUT2D eigenvalue weighted by Gasteiger charge is -2.29. The van der Waals surface area contributed by atoms with Crippen molar-refractivity contribution >= 4 is 33.2 Å². The van der Waals surface area contributed by atoms with Gasteiger partial charge in [-0.2, -0.15) is 0 Å². The number of nitrogens with zero attached hydrogens (tertiary/aromatic N) is 1. The lowest BCUT2D eigenvalue weighted by molar-refractivity contribution is -0.116. The monoisotopic (exact) mass is 491 g/mol. The van der Waals surface area contributed by atoms with Gasteiger partial charge in [-0.15, -0.1) is 0 Å². The van der Waals surface area contributed by atoms with E-state index in [1.807, 2.05) is 0 Å². The molecular formula is C23H29N3O7S. The molecule has 1 atom stereocenters. The zero-order valence-electron chi connectivity index (χ0n) is 19.4. The Morgan fingerprint density at radius 3 is 2.53 bits per heavy atom. The van der Waals surface area contributed by atoms with Crippen LogP contribution in [0.3, 0.4) is 0 Å². The van der Waals surface area contributed by atoms with Crippen LogP contribution in [0.4, 0.5) is 11.4 Å². The van der Waals surface area contributed by atoms with E-state index in [0.717, 1.165) is 10.6 Å². The number of carbonyl (C=O) groups is 2. The number of methoxy groups -OCH3 is 1. The Hall–Kier alpha value is -3.31. The fraction of sp³-hybridized carbons (Fsp3) is 0.391. The number of anilines is 2. The van der Waals surface area contributed by atoms with Gasteiger partial charge in [0.2, 0.25) is 15.9 Å². The van der Waals surface area contributed by atoms with E-state index >= 15 is 0 Å². The highest BCUT2D eigenvalue weighted by Crippen LogP contribution is 2.35. The number of sulfonamides is 1. The molecule has 0 spiro atoms. The largest absolute Gasteiger partial charge is 0.486 e. The van der Waals surface area contributed by atoms with Gasteiger partial charge in [0.1, 0.15) is 19.3 Å². The van der Waals surface area contributed by atoms with Crippen molar-refractivity contribution in [2.45, 2.75) is 19.4 Å². The molecule has 1 heterocycles. The Bertz CT molecular complexity index is 1140. The van der Waals surface area contributed by atoms with Crippen LogP contribution >= 0.6 is 0 Å². The predicted octanol–water partition coefficient (Wildman–Crippen LogP) is 2.02. The molecule has 184 valence electrons. The van der Waals surface area contributed by atoms with Crippen molar-refractivity contribution in [1.29, 1.82) is 0 Å². The maximum Gasteiger partial charge on any atom is 0.253 e. The molecular weight excluding hydrogens is 462 g/mol. The number of benzene rings is 2. The fourth-order valence-electron chi connectivity index (χ4n) is 3.52. The first-order valence-corrected chi connectivity index (χ1v) is 12.6. The average Bonchev–Trinajstić information content (AvgIpc) is 2.81. The maximum atomic E-state index is 13.1. The number of hydrogen-bond acceptors (Lipinski definition) is 7. The van der Waals surface area contributed by atoms with E-state index in [4.69, 9.17) is 14.2 Å². The molecule has 2 aromatic carbocycles. The van der Waals surface area contributed by atoms with Crippen LogP contribution in [0, 0.1) is 0 Å². The number of amides is 2. The van der Waals surface area contributed by atoms with Gasteiger partial charge in [-0.25, -0.2) is 8.42 Å². The molecule has 0 unspecified atom stereocenters. The Morgan fingerprint density at radius 2 is 1.82 bits per heavy atom. The molecule has 2 amide bonds. The van der Waals surface area contributed by atoms with Gasteiger partial charge in [0, 0.05) is 26.3 Å². The number of fused-ring (bicyclic) bond motifs is 1. The fourth-order valence-corrected chi connectivity index (χ4v) is 4.69. The summed E-state index contributed by atoms with van der Waals surface area (Å²) in [5.41, 5.74) is 0.809. The highest BCUT2D eigenvalue weighted by Gasteiger charge is 2.31. The number of hydrogen-bond donors (Lipinski definition) is 2. The van der Waals surface area contributed by atoms with Crippen LogP contribution in [0.15, 0.2) is 42.5 Å². The second-order valence-electron chi connectivity index (χ2n) is 7.70. The molecule has 10 nitrogen and oxygen atoms in total. The first-order valence-electron chi connectivity index (χ1n) is 10.8. The standard InChI is InChI=1S/C23H29N3O7S/c1-16(26(34(3,29)30)17-9-10-20-21(15-17)33-14-13-32-20)22(27)25-19-8-5-4-7-18(19)23(28)24-11-6-12-31-2/h4-5,7-10,15-16H,6,11-14H2,1-3H3,(H,24,28)(H,25,27)/t16-/m1/s1. The highest BCUT2D eigenvalue weighted by atomic mass is 32.2. The third-order valence-corrected chi connectivity index (χ3v) is 6.35. The molecule has 0 saturated heterocycles. The van der Waals surface area contributed by atoms with Gasteiger partial charge in [-0.05, 0) is 37.6 Å². The summed E-state index contributed by atoms with van der Waals surface area (Å²) in [4.78, 5) is 25.7. The van der Waals surface area contributed by atoms with E-state index in [9.17, 15) is 18.0 Å². The zero-order chi connectivity index (χ0) is 24.7. The second kappa shape index (κ2) is 11.2. The van der Waals surface area contributed by atoms with E-state index in [1.165, 1.54) is 13.0 Å². The lowest BCUT2D eigenvalue weighted by atomic mass is 10.1. The van der Waals surface area contributed by atoms with Gasteiger partial charge in [0.05, 0.1) is 23.2 Å². The van der Waals surface area contributed by atoms with Crippen LogP contribution in [-0.4, -0.2) is 66.0 Å². The van der Waals surface area contributed by atoms with Crippen LogP contribution in [0.5, 0.6) is 11.5 Å². The summed E-state index contributed by atoms with van der Waals surface area (Å²) >= 11 is 0. The predicted molar refractivity (Wildman–Crippen MR) is 128 cm³/mol. The van der Waals surface area contributed by atoms with Crippen molar-refractivity contribution in [3.05, 3.63) is 48.0 Å². The highest BCUT2D eigenvalue weighted by molar-refractivity contribution is 7.92. The number of rotatable bonds is 10. The molecule has 0 radical (unpaired) electrons. The normalized spacial score (nSPS) is 13.6. The Morgan fingerprint density at radius 1 is 1.12 bits per heavy atom. The van der Waals surface area contributed by atoms with Gasteiger partial charge in [0.25, 0.3) is 5.91 Å². The van der Waals surface area contributed by atoms with Crippen molar-refractivity contribution in [3.63, 3.8) is 0 Å². The minimum absolute atomic E-state index is 0.263. The van der Waals surface area contributed by atoms with Gasteiger partial charge >= 0.3 is 0 Å². The Labute approximate surface area is 199 Å². The number of para-hydroxylation sites is 1. The third kappa shape index (κ3) is 6.17. The molecule has 0 aliphatic carbocycles. The smallest absolute Gasteiger partial charge is 0.253 e. The molecule has 1 aliphatic rings. The molecule has 2 N–H and O–H groups in total. The third-order valence-electron chi connectivity index (χ3n) is 5.11. The quantitative estimate of drug-likeness (QED) is 0.488. The summed E-state index contributed by atoms with van der Waals surface area (Å²) in [6.45, 7) is 3.14. The number of carbonyl (C=O) groups excluding carboxylic acids is 2. The molecule has 0 saturated carbocycles. The minimum Gasteiger partial charge on any atom is -0.486 e. The first-order chi connectivity index (χ1) is 16.2. The van der Waals surface area contributed by atoms with Gasteiger partial charge in [-0.1, -0.05) is 12.1 Å². The summed E-state index contributed by atoms with van der Waals surface area (Å²) < 4.78 is 42.3. The average molecular weight is 492 g/mol. The van der Waals surface area contributed by atoms with Crippen LogP contribution in [0.2, 0.25) is 0 Å². The second-order valence-corrected chi connectivity index (χ2v) is 9.56. The summed E-state index contributed by atoms with van der Waals surface area (Å²) in [5, 5.41) is 5.47. The molecule has 3 rings (SSSR count). The molecule has 11 heteroatoms. The van der Waals surface area contributed by atoms with E-state index in [1.54, 1.807) is 43.5 Å². The van der Waals surface area contributed by atoms with E-state index in [2.05, 4.69) is 10.6 Å². The molecule has 0 bridgehead atoms. The molecule has 2 aromatic rings. The summed E-state index contributed by atoms with van der Waals surface area (Å²) in [7, 11) is -2.26. The molecule has 0 fully saturated rings. The van der Waals surface area contributed by atoms with Crippen LogP contribution in [-0.2, 0) is 19.6 Å². The summed E-state index contributed by atoms with van der Waals surface area (Å²) in [5.74, 6) is -0.0436. The molecule has 34 heavy (non-hydrogen) atoms. The number of nitrogens with one attached hydrogen (secondary N) is 2. The van der Waals surface area contributed by atoms with E-state index < -0.39 is 22.0 Å². The van der Waals surface area contributed by atoms with Crippen molar-refractivity contribution in [2.75, 3.05) is 49.4 Å². The SMILES string of the molecule is COCCCNC(=O)c1ccccc1NC(=O)[C@@H](C)N(c1ccc2c(c1)OCCO2)S(C)(=O)=O. The molecule has 0 aromatic heterocycles. The molecule has 1 aliphatic heterocycles. The first kappa shape index (κ1) is 25.3. The number of ether oxygens (including phenoxy) is 3. The van der Waals surface area contributed by atoms with Crippen molar-refractivity contribution in [3.8, 4) is 11.5 Å². The lowest BCUT2D eigenvalue weighted by Crippen LogP contribution is -2.45. The maximum absolute atomic E-state index is 13.1. The van der Waals surface area contributed by atoms with Crippen molar-refractivity contribution < 1.29 is 32.2 Å². The van der Waals surface area contributed by atoms with E-state index in [-0.39, 0.29) is 22.8 Å². The zero-order valence-corrected chi connectivity index (χ0v) is 20.2. The van der Waals surface area contributed by atoms with Gasteiger partial charge in [0.15, 0.2) is 11.5 Å². The van der Waals surface area contributed by atoms with Crippen LogP contribution < -0.4 is 24.4 Å². The van der Waals surface area contributed by atoms with Crippen molar-refractivity contribution in [1.82, 2.24) is 5.32 Å². The van der Waals surface area contributed by atoms with Crippen LogP contribution in [0.25, 0.3) is 0 Å². The van der Waals surface area contributed by atoms with E-state index in [0.29, 0.717) is 44.3 Å².